The van der Waals surface area contributed by atoms with E-state index < -0.39 is 22.7 Å². The first-order chi connectivity index (χ1) is 12.9. The summed E-state index contributed by atoms with van der Waals surface area (Å²) in [6, 6.07) is 12.0. The Labute approximate surface area is 156 Å². The van der Waals surface area contributed by atoms with E-state index in [4.69, 9.17) is 4.74 Å². The molecule has 1 fully saturated rings. The van der Waals surface area contributed by atoms with Crippen molar-refractivity contribution in [1.82, 2.24) is 9.62 Å². The molecule has 1 unspecified atom stereocenters. The van der Waals surface area contributed by atoms with Gasteiger partial charge in [-0.2, -0.15) is 13.1 Å². The van der Waals surface area contributed by atoms with Crippen LogP contribution in [0.2, 0.25) is 0 Å². The number of hydrogen-bond donors (Lipinski definition) is 1. The van der Waals surface area contributed by atoms with Gasteiger partial charge in [-0.1, -0.05) is 30.3 Å². The van der Waals surface area contributed by atoms with Crippen LogP contribution in [0.15, 0.2) is 53.4 Å². The molecule has 9 heteroatoms. The zero-order valence-corrected chi connectivity index (χ0v) is 15.5. The highest BCUT2D eigenvalue weighted by Crippen LogP contribution is 2.36. The van der Waals surface area contributed by atoms with Gasteiger partial charge >= 0.3 is 6.61 Å². The van der Waals surface area contributed by atoms with E-state index in [1.165, 1.54) is 35.7 Å². The molecular formula is C18H20F2N2O4S. The van der Waals surface area contributed by atoms with E-state index in [2.05, 4.69) is 10.1 Å². The summed E-state index contributed by atoms with van der Waals surface area (Å²) in [5.74, 6) is 0.188. The van der Waals surface area contributed by atoms with Gasteiger partial charge in [0.15, 0.2) is 0 Å². The van der Waals surface area contributed by atoms with Gasteiger partial charge in [-0.3, -0.25) is 0 Å². The molecule has 1 heterocycles. The second-order valence-corrected chi connectivity index (χ2v) is 7.76. The van der Waals surface area contributed by atoms with Gasteiger partial charge in [0.05, 0.1) is 13.2 Å². The first-order valence-electron chi connectivity index (χ1n) is 8.34. The summed E-state index contributed by atoms with van der Waals surface area (Å²) in [5.41, 5.74) is 0.697. The molecule has 1 atom stereocenters. The Morgan fingerprint density at radius 2 is 1.78 bits per heavy atom. The van der Waals surface area contributed by atoms with E-state index in [1.807, 2.05) is 0 Å². The molecule has 0 aliphatic carbocycles. The first-order valence-corrected chi connectivity index (χ1v) is 9.78. The van der Waals surface area contributed by atoms with Crippen LogP contribution >= 0.6 is 0 Å². The number of nitrogens with zero attached hydrogens (tertiary/aromatic N) is 1. The Morgan fingerprint density at radius 1 is 1.11 bits per heavy atom. The molecule has 0 amide bonds. The lowest BCUT2D eigenvalue weighted by atomic mass is 10.0. The van der Waals surface area contributed by atoms with Gasteiger partial charge in [0.1, 0.15) is 16.4 Å². The van der Waals surface area contributed by atoms with Crippen LogP contribution in [0.25, 0.3) is 0 Å². The van der Waals surface area contributed by atoms with Crippen molar-refractivity contribution in [3.8, 4) is 11.5 Å². The third kappa shape index (κ3) is 4.05. The number of halogens is 2. The van der Waals surface area contributed by atoms with Crippen molar-refractivity contribution in [2.75, 3.05) is 26.7 Å². The highest BCUT2D eigenvalue weighted by atomic mass is 32.2. The maximum atomic E-state index is 13.3. The topological polar surface area (TPSA) is 67.9 Å². The molecule has 1 aliphatic rings. The smallest absolute Gasteiger partial charge is 0.387 e. The summed E-state index contributed by atoms with van der Waals surface area (Å²) >= 11 is 0. The summed E-state index contributed by atoms with van der Waals surface area (Å²) in [4.78, 5) is -0.285. The number of ether oxygens (including phenoxy) is 2. The zero-order valence-electron chi connectivity index (χ0n) is 14.6. The number of piperazine rings is 1. The molecule has 0 bridgehead atoms. The number of nitrogens with one attached hydrogen (secondary N) is 1. The Bertz CT molecular complexity index is 892. The number of rotatable bonds is 6. The van der Waals surface area contributed by atoms with E-state index in [9.17, 15) is 17.2 Å². The SMILES string of the molecule is COc1ccccc1C1CNCCN1S(=O)(=O)c1ccccc1OC(F)F. The monoisotopic (exact) mass is 398 g/mol. The van der Waals surface area contributed by atoms with Crippen LogP contribution < -0.4 is 14.8 Å². The fraction of sp³-hybridized carbons (Fsp3) is 0.333. The molecule has 0 aromatic heterocycles. The number of sulfonamides is 1. The minimum Gasteiger partial charge on any atom is -0.496 e. The molecule has 6 nitrogen and oxygen atoms in total. The van der Waals surface area contributed by atoms with E-state index in [0.717, 1.165) is 0 Å². The van der Waals surface area contributed by atoms with Crippen molar-refractivity contribution < 1.29 is 26.7 Å². The van der Waals surface area contributed by atoms with Crippen LogP contribution in [0.3, 0.4) is 0 Å². The number of methoxy groups -OCH3 is 1. The first kappa shape index (κ1) is 19.5. The van der Waals surface area contributed by atoms with Crippen molar-refractivity contribution >= 4 is 10.0 Å². The standard InChI is InChI=1S/C18H20F2N2O4S/c1-25-15-7-3-2-6-13(15)14-12-21-10-11-22(14)27(23,24)17-9-5-4-8-16(17)26-18(19)20/h2-9,14,18,21H,10-12H2,1H3. The lowest BCUT2D eigenvalue weighted by Gasteiger charge is -2.36. The van der Waals surface area contributed by atoms with Gasteiger partial charge in [-0.25, -0.2) is 8.42 Å². The second kappa shape index (κ2) is 8.20. The van der Waals surface area contributed by atoms with Crippen molar-refractivity contribution in [2.45, 2.75) is 17.5 Å². The van der Waals surface area contributed by atoms with Gasteiger partial charge in [-0.05, 0) is 18.2 Å². The van der Waals surface area contributed by atoms with E-state index >= 15 is 0 Å². The largest absolute Gasteiger partial charge is 0.496 e. The third-order valence-corrected chi connectivity index (χ3v) is 6.29. The quantitative estimate of drug-likeness (QED) is 0.810. The zero-order chi connectivity index (χ0) is 19.4. The Balaban J connectivity index is 2.04. The minimum absolute atomic E-state index is 0.189. The van der Waals surface area contributed by atoms with Crippen LogP contribution in [0.5, 0.6) is 11.5 Å². The summed E-state index contributed by atoms with van der Waals surface area (Å²) in [6.07, 6.45) is 0. The number of hydrogen-bond acceptors (Lipinski definition) is 5. The molecule has 27 heavy (non-hydrogen) atoms. The molecule has 1 aliphatic heterocycles. The Hall–Kier alpha value is -2.23. The third-order valence-electron chi connectivity index (χ3n) is 4.34. The molecule has 1 N–H and O–H groups in total. The maximum absolute atomic E-state index is 13.3. The molecule has 0 saturated carbocycles. The summed E-state index contributed by atoms with van der Waals surface area (Å²) in [6.45, 7) is -2.11. The highest BCUT2D eigenvalue weighted by Gasteiger charge is 2.37. The number of benzene rings is 2. The van der Waals surface area contributed by atoms with Gasteiger partial charge in [0, 0.05) is 25.2 Å². The Morgan fingerprint density at radius 3 is 2.48 bits per heavy atom. The number of alkyl halides is 2. The molecule has 2 aromatic rings. The van der Waals surface area contributed by atoms with Crippen molar-refractivity contribution in [3.63, 3.8) is 0 Å². The van der Waals surface area contributed by atoms with Crippen LogP contribution in [-0.4, -0.2) is 46.1 Å². The summed E-state index contributed by atoms with van der Waals surface area (Å²) in [7, 11) is -2.57. The highest BCUT2D eigenvalue weighted by molar-refractivity contribution is 7.89. The lowest BCUT2D eigenvalue weighted by molar-refractivity contribution is -0.0518. The Kier molecular flexibility index (Phi) is 5.93. The van der Waals surface area contributed by atoms with Crippen LogP contribution in [-0.2, 0) is 10.0 Å². The van der Waals surface area contributed by atoms with Crippen molar-refractivity contribution in [2.24, 2.45) is 0 Å². The number of para-hydroxylation sites is 2. The normalized spacial score (nSPS) is 18.4. The van der Waals surface area contributed by atoms with Crippen molar-refractivity contribution in [3.05, 3.63) is 54.1 Å². The van der Waals surface area contributed by atoms with Gasteiger partial charge in [0.2, 0.25) is 10.0 Å². The van der Waals surface area contributed by atoms with E-state index in [0.29, 0.717) is 24.4 Å². The average Bonchev–Trinajstić information content (AvgIpc) is 2.68. The van der Waals surface area contributed by atoms with Gasteiger partial charge in [0.25, 0.3) is 0 Å². The summed E-state index contributed by atoms with van der Waals surface area (Å²) in [5, 5.41) is 3.17. The van der Waals surface area contributed by atoms with Crippen LogP contribution in [0, 0.1) is 0 Å². The lowest BCUT2D eigenvalue weighted by Crippen LogP contribution is -2.48. The summed E-state index contributed by atoms with van der Waals surface area (Å²) < 4.78 is 63.1. The second-order valence-electron chi connectivity index (χ2n) is 5.90. The van der Waals surface area contributed by atoms with Crippen LogP contribution in [0.1, 0.15) is 11.6 Å². The predicted molar refractivity (Wildman–Crippen MR) is 95.6 cm³/mol. The van der Waals surface area contributed by atoms with Gasteiger partial charge in [-0.15, -0.1) is 0 Å². The molecule has 1 saturated heterocycles. The van der Waals surface area contributed by atoms with E-state index in [-0.39, 0.29) is 17.2 Å². The van der Waals surface area contributed by atoms with E-state index in [1.54, 1.807) is 24.3 Å². The molecular weight excluding hydrogens is 378 g/mol. The molecule has 0 spiro atoms. The predicted octanol–water partition coefficient (Wildman–Crippen LogP) is 2.63. The van der Waals surface area contributed by atoms with Crippen LogP contribution in [0.4, 0.5) is 8.78 Å². The average molecular weight is 398 g/mol. The molecule has 0 radical (unpaired) electrons. The fourth-order valence-electron chi connectivity index (χ4n) is 3.16. The van der Waals surface area contributed by atoms with Gasteiger partial charge < -0.3 is 14.8 Å². The van der Waals surface area contributed by atoms with Crippen molar-refractivity contribution in [1.29, 1.82) is 0 Å². The maximum Gasteiger partial charge on any atom is 0.387 e. The molecule has 2 aromatic carbocycles. The molecule has 3 rings (SSSR count). The minimum atomic E-state index is -4.08. The molecule has 146 valence electrons. The fourth-order valence-corrected chi connectivity index (χ4v) is 4.89.